The lowest BCUT2D eigenvalue weighted by atomic mass is 9.76. The minimum Gasteiger partial charge on any atom is -0.385 e. The molecule has 3 heterocycles. The van der Waals surface area contributed by atoms with Crippen LogP contribution in [-0.2, 0) is 17.2 Å². The molecule has 0 bridgehead atoms. The maximum absolute atomic E-state index is 13.0. The van der Waals surface area contributed by atoms with E-state index in [0.29, 0.717) is 37.1 Å². The van der Waals surface area contributed by atoms with Crippen LogP contribution in [0.25, 0.3) is 0 Å². The Kier molecular flexibility index (Phi) is 4.89. The Hall–Kier alpha value is -2.22. The van der Waals surface area contributed by atoms with Crippen molar-refractivity contribution in [3.8, 4) is 0 Å². The maximum atomic E-state index is 13.0. The number of likely N-dealkylation sites (tertiary alicyclic amines) is 1. The Morgan fingerprint density at radius 2 is 2.24 bits per heavy atom. The molecule has 1 amide bonds. The van der Waals surface area contributed by atoms with Crippen LogP contribution in [0.2, 0.25) is 0 Å². The summed E-state index contributed by atoms with van der Waals surface area (Å²) in [5, 5.41) is 8.44. The molecule has 0 aromatic carbocycles. The van der Waals surface area contributed by atoms with Gasteiger partial charge in [-0.2, -0.15) is 10.1 Å². The van der Waals surface area contributed by atoms with Crippen LogP contribution >= 0.6 is 0 Å². The largest absolute Gasteiger partial charge is 0.385 e. The highest BCUT2D eigenvalue weighted by atomic mass is 16.5. The predicted octanol–water partition coefficient (Wildman–Crippen LogP) is 1.63. The summed E-state index contributed by atoms with van der Waals surface area (Å²) in [5.41, 5.74) is 1.10. The molecule has 0 spiro atoms. The van der Waals surface area contributed by atoms with Crippen molar-refractivity contribution in [3.63, 3.8) is 0 Å². The van der Waals surface area contributed by atoms with Crippen molar-refractivity contribution >= 4 is 5.91 Å². The van der Waals surface area contributed by atoms with Crippen molar-refractivity contribution in [1.29, 1.82) is 0 Å². The van der Waals surface area contributed by atoms with E-state index in [1.54, 1.807) is 25.8 Å². The topological polar surface area (TPSA) is 86.3 Å². The highest BCUT2D eigenvalue weighted by Crippen LogP contribution is 2.36. The van der Waals surface area contributed by atoms with Gasteiger partial charge in [0.15, 0.2) is 5.82 Å². The molecule has 2 aromatic heterocycles. The zero-order valence-electron chi connectivity index (χ0n) is 15.3. The molecule has 0 N–H and O–H groups in total. The van der Waals surface area contributed by atoms with Gasteiger partial charge in [0, 0.05) is 40.8 Å². The number of carbonyl (C=O) groups is 1. The first-order valence-electron chi connectivity index (χ1n) is 8.55. The normalized spacial score (nSPS) is 20.9. The molecule has 0 saturated carbocycles. The minimum absolute atomic E-state index is 0.00944. The monoisotopic (exact) mass is 347 g/mol. The van der Waals surface area contributed by atoms with Crippen LogP contribution in [0, 0.1) is 13.8 Å². The van der Waals surface area contributed by atoms with Gasteiger partial charge in [-0.3, -0.25) is 9.48 Å². The molecule has 136 valence electrons. The van der Waals surface area contributed by atoms with Crippen LogP contribution in [0.5, 0.6) is 0 Å². The summed E-state index contributed by atoms with van der Waals surface area (Å²) in [6.45, 7) is 5.52. The van der Waals surface area contributed by atoms with Gasteiger partial charge in [0.05, 0.1) is 11.1 Å². The van der Waals surface area contributed by atoms with Crippen molar-refractivity contribution < 1.29 is 14.1 Å². The van der Waals surface area contributed by atoms with Crippen LogP contribution in [0.1, 0.15) is 47.2 Å². The molecular weight excluding hydrogens is 322 g/mol. The zero-order chi connectivity index (χ0) is 18.0. The Morgan fingerprint density at radius 1 is 1.44 bits per heavy atom. The average molecular weight is 347 g/mol. The van der Waals surface area contributed by atoms with Crippen molar-refractivity contribution in [3.05, 3.63) is 29.2 Å². The summed E-state index contributed by atoms with van der Waals surface area (Å²) in [7, 11) is 3.48. The molecule has 8 nitrogen and oxygen atoms in total. The number of aromatic nitrogens is 4. The second-order valence-electron chi connectivity index (χ2n) is 6.78. The van der Waals surface area contributed by atoms with E-state index in [0.717, 1.165) is 25.0 Å². The summed E-state index contributed by atoms with van der Waals surface area (Å²) in [4.78, 5) is 19.3. The van der Waals surface area contributed by atoms with E-state index in [4.69, 9.17) is 9.26 Å². The Labute approximate surface area is 147 Å². The fraction of sp³-hybridized carbons (Fsp3) is 0.647. The molecule has 1 atom stereocenters. The summed E-state index contributed by atoms with van der Waals surface area (Å²) in [5.74, 6) is 1.20. The summed E-state index contributed by atoms with van der Waals surface area (Å²) in [6, 6.07) is 1.83. The van der Waals surface area contributed by atoms with Crippen LogP contribution in [0.3, 0.4) is 0 Å². The molecule has 1 aliphatic rings. The Balaban J connectivity index is 1.88. The van der Waals surface area contributed by atoms with Gasteiger partial charge in [-0.25, -0.2) is 0 Å². The van der Waals surface area contributed by atoms with E-state index in [1.165, 1.54) is 0 Å². The number of aryl methyl sites for hydroxylation is 3. The van der Waals surface area contributed by atoms with E-state index < -0.39 is 0 Å². The van der Waals surface area contributed by atoms with Crippen molar-refractivity contribution in [2.45, 2.75) is 38.5 Å². The van der Waals surface area contributed by atoms with Crippen molar-refractivity contribution in [1.82, 2.24) is 24.8 Å². The molecule has 8 heteroatoms. The molecule has 1 aliphatic heterocycles. The molecule has 0 radical (unpaired) electrons. The highest BCUT2D eigenvalue weighted by molar-refractivity contribution is 5.92. The van der Waals surface area contributed by atoms with Gasteiger partial charge in [-0.15, -0.1) is 0 Å². The van der Waals surface area contributed by atoms with Crippen molar-refractivity contribution in [2.75, 3.05) is 26.8 Å². The number of rotatable bonds is 5. The molecule has 2 aromatic rings. The zero-order valence-corrected chi connectivity index (χ0v) is 15.3. The first-order valence-corrected chi connectivity index (χ1v) is 8.55. The van der Waals surface area contributed by atoms with Gasteiger partial charge in [0.2, 0.25) is 5.89 Å². The van der Waals surface area contributed by atoms with E-state index >= 15 is 0 Å². The first-order chi connectivity index (χ1) is 11.9. The van der Waals surface area contributed by atoms with E-state index in [-0.39, 0.29) is 11.3 Å². The Morgan fingerprint density at radius 3 is 2.84 bits per heavy atom. The molecule has 0 aliphatic carbocycles. The smallest absolute Gasteiger partial charge is 0.272 e. The van der Waals surface area contributed by atoms with Gasteiger partial charge in [-0.05, 0) is 32.3 Å². The van der Waals surface area contributed by atoms with Gasteiger partial charge in [0.1, 0.15) is 5.69 Å². The number of nitrogens with zero attached hydrogens (tertiary/aromatic N) is 5. The molecule has 25 heavy (non-hydrogen) atoms. The molecule has 1 saturated heterocycles. The number of hydrogen-bond acceptors (Lipinski definition) is 6. The van der Waals surface area contributed by atoms with E-state index in [9.17, 15) is 4.79 Å². The fourth-order valence-corrected chi connectivity index (χ4v) is 3.59. The fourth-order valence-electron chi connectivity index (χ4n) is 3.59. The second-order valence-corrected chi connectivity index (χ2v) is 6.78. The number of piperidine rings is 1. The first kappa shape index (κ1) is 17.6. The van der Waals surface area contributed by atoms with E-state index in [2.05, 4.69) is 15.2 Å². The summed E-state index contributed by atoms with van der Waals surface area (Å²) >= 11 is 0. The summed E-state index contributed by atoms with van der Waals surface area (Å²) in [6.07, 6.45) is 2.54. The summed E-state index contributed by atoms with van der Waals surface area (Å²) < 4.78 is 12.1. The van der Waals surface area contributed by atoms with Crippen LogP contribution in [-0.4, -0.2) is 57.5 Å². The van der Waals surface area contributed by atoms with Crippen LogP contribution in [0.4, 0.5) is 0 Å². The quantitative estimate of drug-likeness (QED) is 0.817. The van der Waals surface area contributed by atoms with Crippen LogP contribution < -0.4 is 0 Å². The number of amides is 1. The molecule has 1 unspecified atom stereocenters. The van der Waals surface area contributed by atoms with Crippen LogP contribution in [0.15, 0.2) is 10.6 Å². The lowest BCUT2D eigenvalue weighted by molar-refractivity contribution is 0.0557. The number of ether oxygens (including phenoxy) is 1. The minimum atomic E-state index is -0.338. The lowest BCUT2D eigenvalue weighted by Gasteiger charge is -2.40. The van der Waals surface area contributed by atoms with Gasteiger partial charge in [-0.1, -0.05) is 5.16 Å². The van der Waals surface area contributed by atoms with Gasteiger partial charge in [0.25, 0.3) is 5.91 Å². The molecule has 3 rings (SSSR count). The SMILES string of the molecule is COCCC1(c2noc(C)n2)CCCN(C(=O)c2cc(C)nn2C)C1. The third-order valence-electron chi connectivity index (χ3n) is 4.87. The standard InChI is InChI=1S/C17H25N5O3/c1-12-10-14(21(3)19-12)15(23)22-8-5-6-17(11-22,7-9-24-4)16-18-13(2)25-20-16/h10H,5-9,11H2,1-4H3. The third-order valence-corrected chi connectivity index (χ3v) is 4.87. The van der Waals surface area contributed by atoms with E-state index in [1.807, 2.05) is 17.9 Å². The number of carbonyl (C=O) groups excluding carboxylic acids is 1. The molecular formula is C17H25N5O3. The third kappa shape index (κ3) is 3.44. The maximum Gasteiger partial charge on any atom is 0.272 e. The van der Waals surface area contributed by atoms with Gasteiger partial charge >= 0.3 is 0 Å². The highest BCUT2D eigenvalue weighted by Gasteiger charge is 2.42. The second kappa shape index (κ2) is 6.95. The average Bonchev–Trinajstić information content (AvgIpc) is 3.18. The lowest BCUT2D eigenvalue weighted by Crippen LogP contribution is -2.50. The predicted molar refractivity (Wildman–Crippen MR) is 90.3 cm³/mol. The molecule has 1 fully saturated rings. The number of hydrogen-bond donors (Lipinski definition) is 0. The Bertz CT molecular complexity index is 753. The van der Waals surface area contributed by atoms with Crippen molar-refractivity contribution in [2.24, 2.45) is 7.05 Å². The number of methoxy groups -OCH3 is 1. The van der Waals surface area contributed by atoms with Gasteiger partial charge < -0.3 is 14.2 Å².